The Morgan fingerprint density at radius 3 is 2.35 bits per heavy atom. The molecule has 31 heavy (non-hydrogen) atoms. The Bertz CT molecular complexity index is 1120. The number of amides is 1. The van der Waals surface area contributed by atoms with Gasteiger partial charge in [-0.25, -0.2) is 8.42 Å². The Morgan fingerprint density at radius 1 is 1.03 bits per heavy atom. The molecule has 0 unspecified atom stereocenters. The molecule has 8 nitrogen and oxygen atoms in total. The lowest BCUT2D eigenvalue weighted by Crippen LogP contribution is -2.52. The van der Waals surface area contributed by atoms with Crippen LogP contribution in [-0.2, 0) is 14.8 Å². The van der Waals surface area contributed by atoms with Gasteiger partial charge in [0.1, 0.15) is 17.6 Å². The summed E-state index contributed by atoms with van der Waals surface area (Å²) >= 11 is 0. The van der Waals surface area contributed by atoms with Gasteiger partial charge in [0.2, 0.25) is 5.91 Å². The second-order valence-corrected chi connectivity index (χ2v) is 9.72. The Balaban J connectivity index is 1.52. The molecule has 0 radical (unpaired) electrons. The number of aromatic hydroxyl groups is 1. The van der Waals surface area contributed by atoms with E-state index in [2.05, 4.69) is 14.6 Å². The summed E-state index contributed by atoms with van der Waals surface area (Å²) in [5.41, 5.74) is 1.25. The van der Waals surface area contributed by atoms with E-state index in [-0.39, 0.29) is 28.3 Å². The molecule has 0 spiro atoms. The molecule has 1 atom stereocenters. The van der Waals surface area contributed by atoms with Crippen molar-refractivity contribution in [3.8, 4) is 5.75 Å². The summed E-state index contributed by atoms with van der Waals surface area (Å²) in [6.45, 7) is 6.01. The van der Waals surface area contributed by atoms with Gasteiger partial charge in [-0.2, -0.15) is 0 Å². The highest BCUT2D eigenvalue weighted by Gasteiger charge is 2.34. The average molecular weight is 443 g/mol. The van der Waals surface area contributed by atoms with Crippen molar-refractivity contribution in [2.75, 3.05) is 31.1 Å². The quantitative estimate of drug-likeness (QED) is 0.752. The van der Waals surface area contributed by atoms with E-state index in [9.17, 15) is 18.3 Å². The van der Waals surface area contributed by atoms with Crippen LogP contribution in [0.1, 0.15) is 19.4 Å². The van der Waals surface area contributed by atoms with Gasteiger partial charge in [0, 0.05) is 31.7 Å². The molecular formula is C22H26N4O4S. The maximum Gasteiger partial charge on any atom is 0.263 e. The number of phenols is 1. The molecule has 2 N–H and O–H groups in total. The summed E-state index contributed by atoms with van der Waals surface area (Å²) in [6.07, 6.45) is 0. The van der Waals surface area contributed by atoms with Gasteiger partial charge in [-0.3, -0.25) is 14.5 Å². The number of rotatable bonds is 4. The number of nitrogens with one attached hydrogen (secondary N) is 1. The van der Waals surface area contributed by atoms with Gasteiger partial charge in [0.05, 0.1) is 10.6 Å². The van der Waals surface area contributed by atoms with Crippen LogP contribution in [0, 0.1) is 5.92 Å². The highest BCUT2D eigenvalue weighted by Crippen LogP contribution is 2.28. The number of carbonyl (C=O) groups excluding carboxylic acids is 1. The minimum atomic E-state index is -3.65. The lowest BCUT2D eigenvalue weighted by Gasteiger charge is -2.37. The first-order valence-corrected chi connectivity index (χ1v) is 11.8. The van der Waals surface area contributed by atoms with Crippen LogP contribution in [0.5, 0.6) is 5.75 Å². The molecule has 2 aromatic carbocycles. The molecule has 0 aromatic heterocycles. The van der Waals surface area contributed by atoms with Crippen LogP contribution in [0.25, 0.3) is 0 Å². The van der Waals surface area contributed by atoms with Crippen LogP contribution in [-0.4, -0.2) is 62.4 Å². The number of nitrogens with zero attached hydrogens (tertiary/aromatic N) is 3. The summed E-state index contributed by atoms with van der Waals surface area (Å²) in [4.78, 5) is 21.8. The van der Waals surface area contributed by atoms with E-state index in [0.29, 0.717) is 31.7 Å². The van der Waals surface area contributed by atoms with E-state index in [4.69, 9.17) is 0 Å². The van der Waals surface area contributed by atoms with Crippen molar-refractivity contribution < 1.29 is 18.3 Å². The summed E-state index contributed by atoms with van der Waals surface area (Å²) in [7, 11) is -3.65. The first-order chi connectivity index (χ1) is 14.8. The highest BCUT2D eigenvalue weighted by atomic mass is 32.2. The van der Waals surface area contributed by atoms with E-state index in [1.54, 1.807) is 35.2 Å². The number of hydrogen-bond donors (Lipinski definition) is 2. The molecule has 2 heterocycles. The first kappa shape index (κ1) is 21.2. The number of hydrogen-bond acceptors (Lipinski definition) is 6. The SMILES string of the molecule is CC(C)[C@H](N=C1NS(=O)(=O)c2ccccc21)C(=O)N1CCN(c2ccccc2O)CC1. The van der Waals surface area contributed by atoms with Crippen LogP contribution in [0.15, 0.2) is 58.4 Å². The molecule has 1 saturated heterocycles. The number of phenolic OH excluding ortho intramolecular Hbond substituents is 1. The molecule has 1 fully saturated rings. The normalized spacial score (nSPS) is 19.9. The minimum Gasteiger partial charge on any atom is -0.506 e. The topological polar surface area (TPSA) is 102 Å². The monoisotopic (exact) mass is 442 g/mol. The predicted molar refractivity (Wildman–Crippen MR) is 119 cm³/mol. The van der Waals surface area contributed by atoms with Crippen LogP contribution in [0.3, 0.4) is 0 Å². The van der Waals surface area contributed by atoms with Crippen LogP contribution < -0.4 is 9.62 Å². The molecule has 0 bridgehead atoms. The minimum absolute atomic E-state index is 0.103. The molecule has 2 aliphatic rings. The van der Waals surface area contributed by atoms with E-state index in [1.807, 2.05) is 26.0 Å². The van der Waals surface area contributed by atoms with E-state index < -0.39 is 16.1 Å². The zero-order chi connectivity index (χ0) is 22.2. The second-order valence-electron chi connectivity index (χ2n) is 8.07. The van der Waals surface area contributed by atoms with Crippen LogP contribution in [0.4, 0.5) is 5.69 Å². The number of benzene rings is 2. The highest BCUT2D eigenvalue weighted by molar-refractivity contribution is 7.90. The smallest absolute Gasteiger partial charge is 0.263 e. The van der Waals surface area contributed by atoms with Gasteiger partial charge >= 0.3 is 0 Å². The number of para-hydroxylation sites is 2. The fourth-order valence-electron chi connectivity index (χ4n) is 3.94. The van der Waals surface area contributed by atoms with Gasteiger partial charge in [-0.15, -0.1) is 0 Å². The van der Waals surface area contributed by atoms with Crippen molar-refractivity contribution in [1.82, 2.24) is 9.62 Å². The van der Waals surface area contributed by atoms with E-state index >= 15 is 0 Å². The van der Waals surface area contributed by atoms with Crippen molar-refractivity contribution in [2.24, 2.45) is 10.9 Å². The van der Waals surface area contributed by atoms with Crippen molar-refractivity contribution in [3.05, 3.63) is 54.1 Å². The Morgan fingerprint density at radius 2 is 1.68 bits per heavy atom. The van der Waals surface area contributed by atoms with Gasteiger partial charge in [-0.05, 0) is 30.2 Å². The molecule has 164 valence electrons. The van der Waals surface area contributed by atoms with Crippen LogP contribution >= 0.6 is 0 Å². The molecular weight excluding hydrogens is 416 g/mol. The predicted octanol–water partition coefficient (Wildman–Crippen LogP) is 1.80. The second kappa shape index (κ2) is 8.22. The molecule has 2 aromatic rings. The van der Waals surface area contributed by atoms with Crippen molar-refractivity contribution in [2.45, 2.75) is 24.8 Å². The number of aliphatic imine (C=N–C) groups is 1. The summed E-state index contributed by atoms with van der Waals surface area (Å²) < 4.78 is 27.2. The van der Waals surface area contributed by atoms with E-state index in [1.165, 1.54) is 6.07 Å². The van der Waals surface area contributed by atoms with Crippen molar-refractivity contribution >= 4 is 27.5 Å². The molecule has 2 aliphatic heterocycles. The Labute approximate surface area is 182 Å². The van der Waals surface area contributed by atoms with Crippen LogP contribution in [0.2, 0.25) is 0 Å². The molecule has 9 heteroatoms. The van der Waals surface area contributed by atoms with Gasteiger partial charge in [-0.1, -0.05) is 38.1 Å². The fourth-order valence-corrected chi connectivity index (χ4v) is 5.18. The average Bonchev–Trinajstić information content (AvgIpc) is 3.02. The lowest BCUT2D eigenvalue weighted by molar-refractivity contribution is -0.133. The van der Waals surface area contributed by atoms with Gasteiger partial charge in [0.25, 0.3) is 10.0 Å². The van der Waals surface area contributed by atoms with Crippen molar-refractivity contribution in [3.63, 3.8) is 0 Å². The number of fused-ring (bicyclic) bond motifs is 1. The zero-order valence-electron chi connectivity index (χ0n) is 17.5. The maximum absolute atomic E-state index is 13.3. The van der Waals surface area contributed by atoms with Gasteiger partial charge in [0.15, 0.2) is 0 Å². The zero-order valence-corrected chi connectivity index (χ0v) is 18.3. The number of piperazine rings is 1. The number of carbonyl (C=O) groups is 1. The summed E-state index contributed by atoms with van der Waals surface area (Å²) in [6, 6.07) is 13.1. The third-order valence-corrected chi connectivity index (χ3v) is 7.03. The summed E-state index contributed by atoms with van der Waals surface area (Å²) in [5.74, 6) is 0.216. The first-order valence-electron chi connectivity index (χ1n) is 10.3. The number of amidine groups is 1. The number of anilines is 1. The Hall–Kier alpha value is -3.07. The largest absolute Gasteiger partial charge is 0.506 e. The third kappa shape index (κ3) is 4.10. The maximum atomic E-state index is 13.3. The lowest BCUT2D eigenvalue weighted by atomic mass is 10.0. The van der Waals surface area contributed by atoms with Crippen molar-refractivity contribution in [1.29, 1.82) is 0 Å². The third-order valence-electron chi connectivity index (χ3n) is 5.63. The molecule has 1 amide bonds. The standard InChI is InChI=1S/C22H26N4O4S/c1-15(2)20(23-21-16-7-3-6-10-19(16)31(29,30)24-21)22(28)26-13-11-25(12-14-26)17-8-4-5-9-18(17)27/h3-10,15,20,27H,11-14H2,1-2H3,(H,23,24)/t20-/m0/s1. The number of sulfonamides is 1. The molecule has 0 saturated carbocycles. The fraction of sp³-hybridized carbons (Fsp3) is 0.364. The summed E-state index contributed by atoms with van der Waals surface area (Å²) in [5, 5.41) is 10.1. The molecule has 0 aliphatic carbocycles. The Kier molecular flexibility index (Phi) is 5.62. The van der Waals surface area contributed by atoms with Gasteiger partial charge < -0.3 is 14.9 Å². The molecule has 4 rings (SSSR count). The van der Waals surface area contributed by atoms with E-state index in [0.717, 1.165) is 5.69 Å².